The summed E-state index contributed by atoms with van der Waals surface area (Å²) in [5.41, 5.74) is 5.66. The van der Waals surface area contributed by atoms with Crippen molar-refractivity contribution in [3.05, 3.63) is 136 Å². The molecule has 9 rings (SSSR count). The van der Waals surface area contributed by atoms with Crippen LogP contribution in [0.1, 0.15) is 12.8 Å². The molecule has 1 aliphatic rings. The molecule has 0 bridgehead atoms. The summed E-state index contributed by atoms with van der Waals surface area (Å²) in [4.78, 5) is 50.2. The first-order chi connectivity index (χ1) is 31.1. The number of nitrogens with zero attached hydrogens (tertiary/aromatic N) is 8. The van der Waals surface area contributed by atoms with Crippen molar-refractivity contribution in [1.29, 1.82) is 0 Å². The third kappa shape index (κ3) is 9.19. The maximum Gasteiger partial charge on any atom is 0.307 e. The number of hydrogen-bond donors (Lipinski definition) is 4. The summed E-state index contributed by atoms with van der Waals surface area (Å²) in [6.07, 6.45) is 9.41. The van der Waals surface area contributed by atoms with Crippen molar-refractivity contribution in [1.82, 2.24) is 34.8 Å². The van der Waals surface area contributed by atoms with E-state index in [9.17, 15) is 24.6 Å². The molecule has 0 atom stereocenters. The summed E-state index contributed by atoms with van der Waals surface area (Å²) in [6.45, 7) is 3.72. The maximum absolute atomic E-state index is 13.8. The zero-order chi connectivity index (χ0) is 44.7. The predicted octanol–water partition coefficient (Wildman–Crippen LogP) is 9.24. The highest BCUT2D eigenvalue weighted by atomic mass is 19.1. The molecule has 0 spiro atoms. The van der Waals surface area contributed by atoms with Crippen LogP contribution in [0.5, 0.6) is 11.5 Å². The van der Waals surface area contributed by atoms with E-state index in [1.54, 1.807) is 31.6 Å². The monoisotopic (exact) mass is 866 g/mol. The molecule has 18 nitrogen and oxygen atoms in total. The molecule has 4 aromatic heterocycles. The van der Waals surface area contributed by atoms with E-state index in [2.05, 4.69) is 45.4 Å². The second kappa shape index (κ2) is 18.8. The lowest BCUT2D eigenvalue weighted by molar-refractivity contribution is -0.387. The summed E-state index contributed by atoms with van der Waals surface area (Å²) in [5, 5.41) is 31.1. The predicted molar refractivity (Wildman–Crippen MR) is 243 cm³/mol. The van der Waals surface area contributed by atoms with E-state index in [0.29, 0.717) is 35.3 Å². The van der Waals surface area contributed by atoms with Crippen LogP contribution < -0.4 is 25.0 Å². The molecule has 1 fully saturated rings. The molecule has 0 unspecified atom stereocenters. The van der Waals surface area contributed by atoms with Crippen molar-refractivity contribution in [2.45, 2.75) is 12.8 Å². The molecule has 8 aromatic rings. The van der Waals surface area contributed by atoms with Crippen molar-refractivity contribution in [2.24, 2.45) is 0 Å². The Morgan fingerprint density at radius 2 is 1.23 bits per heavy atom. The van der Waals surface area contributed by atoms with Crippen LogP contribution in [0, 0.1) is 26.0 Å². The quantitative estimate of drug-likeness (QED) is 0.0592. The summed E-state index contributed by atoms with van der Waals surface area (Å²) in [7, 11) is 4.76. The number of aromatic amines is 2. The molecule has 1 saturated heterocycles. The van der Waals surface area contributed by atoms with Gasteiger partial charge in [0.25, 0.3) is 5.69 Å². The number of nitro groups is 2. The smallest absolute Gasteiger partial charge is 0.307 e. The number of benzene rings is 4. The summed E-state index contributed by atoms with van der Waals surface area (Å²) < 4.78 is 24.5. The number of nitrogens with one attached hydrogen (secondary N) is 4. The van der Waals surface area contributed by atoms with Crippen LogP contribution in [-0.4, -0.2) is 92.1 Å². The highest BCUT2D eigenvalue weighted by Crippen LogP contribution is 2.40. The van der Waals surface area contributed by atoms with Gasteiger partial charge in [0.1, 0.15) is 17.2 Å². The normalized spacial score (nSPS) is 12.4. The van der Waals surface area contributed by atoms with Crippen LogP contribution in [0.4, 0.5) is 44.7 Å². The minimum absolute atomic E-state index is 0.00462. The van der Waals surface area contributed by atoms with Gasteiger partial charge < -0.3 is 39.9 Å². The SMILES string of the molecule is COc1cc(F)c([N+](=O)[O-])cc1Nc1nccc(-c2c[nH]c3ccccc23)n1.COc1cc(N(C)CCN2CCCC2)c([N+](=O)[O-])cc1Nc1nccc(-c2c[nH]c3ccccc23)n1. The van der Waals surface area contributed by atoms with Gasteiger partial charge in [-0.25, -0.2) is 19.9 Å². The molecule has 0 saturated carbocycles. The molecule has 326 valence electrons. The summed E-state index contributed by atoms with van der Waals surface area (Å²) in [5.74, 6) is 0.109. The Kier molecular flexibility index (Phi) is 12.5. The van der Waals surface area contributed by atoms with E-state index in [-0.39, 0.29) is 28.0 Å². The van der Waals surface area contributed by atoms with Crippen LogP contribution in [0.15, 0.2) is 110 Å². The van der Waals surface area contributed by atoms with Crippen LogP contribution >= 0.6 is 0 Å². The number of anilines is 5. The lowest BCUT2D eigenvalue weighted by Crippen LogP contribution is -2.31. The van der Waals surface area contributed by atoms with Gasteiger partial charge in [0.05, 0.1) is 46.8 Å². The van der Waals surface area contributed by atoms with Crippen molar-refractivity contribution in [2.75, 3.05) is 63.0 Å². The van der Waals surface area contributed by atoms with Crippen molar-refractivity contribution >= 4 is 62.1 Å². The van der Waals surface area contributed by atoms with Crippen LogP contribution in [0.3, 0.4) is 0 Å². The minimum Gasteiger partial charge on any atom is -0.494 e. The van der Waals surface area contributed by atoms with Gasteiger partial charge in [-0.3, -0.25) is 20.2 Å². The van der Waals surface area contributed by atoms with Crippen LogP contribution in [0.2, 0.25) is 0 Å². The Bertz CT molecular complexity index is 2970. The number of nitro benzene ring substituents is 2. The van der Waals surface area contributed by atoms with E-state index in [0.717, 1.165) is 70.4 Å². The third-order valence-corrected chi connectivity index (χ3v) is 10.9. The first-order valence-electron chi connectivity index (χ1n) is 20.2. The van der Waals surface area contributed by atoms with Gasteiger partial charge in [0, 0.05) is 102 Å². The molecular weight excluding hydrogens is 824 g/mol. The first kappa shape index (κ1) is 42.5. The van der Waals surface area contributed by atoms with Gasteiger partial charge in [-0.2, -0.15) is 4.39 Å². The number of fused-ring (bicyclic) bond motifs is 2. The average Bonchev–Trinajstić information content (AvgIpc) is 4.10. The lowest BCUT2D eigenvalue weighted by Gasteiger charge is -2.24. The van der Waals surface area contributed by atoms with E-state index < -0.39 is 16.4 Å². The summed E-state index contributed by atoms with van der Waals surface area (Å²) >= 11 is 0. The highest BCUT2D eigenvalue weighted by molar-refractivity contribution is 5.95. The maximum atomic E-state index is 13.8. The molecule has 19 heteroatoms. The molecule has 4 aromatic carbocycles. The van der Waals surface area contributed by atoms with Crippen molar-refractivity contribution in [3.8, 4) is 34.0 Å². The summed E-state index contributed by atoms with van der Waals surface area (Å²) in [6, 6.07) is 24.6. The van der Waals surface area contributed by atoms with Crippen LogP contribution in [0.25, 0.3) is 44.3 Å². The topological polar surface area (TPSA) is 218 Å². The Morgan fingerprint density at radius 3 is 1.75 bits per heavy atom. The molecule has 1 aliphatic heterocycles. The standard InChI is InChI=1S/C26H29N7O3.C19H14FN5O3/c1-31(13-14-32-11-5-6-12-32)23-16-25(36-2)22(15-24(23)33(34)35)30-26-27-10-9-21(29-26)19-17-28-20-8-4-3-7-18(19)20;1-28-18-8-13(20)17(25(26)27)9-16(18)24-19-21-7-6-15(23-19)12-10-22-14-5-3-2-4-11(12)14/h3-4,7-10,15-17,28H,5-6,11-14H2,1-2H3,(H,27,29,30);2-10,22H,1H3,(H,21,23,24). The van der Waals surface area contributed by atoms with Gasteiger partial charge in [-0.1, -0.05) is 36.4 Å². The number of likely N-dealkylation sites (tertiary alicyclic amines) is 1. The van der Waals surface area contributed by atoms with Gasteiger partial charge >= 0.3 is 5.69 Å². The zero-order valence-electron chi connectivity index (χ0n) is 35.0. The van der Waals surface area contributed by atoms with Gasteiger partial charge in [0.2, 0.25) is 17.7 Å². The number of halogens is 1. The number of H-pyrrole nitrogens is 2. The fourth-order valence-corrected chi connectivity index (χ4v) is 7.59. The number of para-hydroxylation sites is 2. The fraction of sp³-hybridized carbons (Fsp3) is 0.200. The van der Waals surface area contributed by atoms with Crippen molar-refractivity contribution in [3.63, 3.8) is 0 Å². The highest BCUT2D eigenvalue weighted by Gasteiger charge is 2.24. The number of likely N-dealkylation sites (N-methyl/N-ethyl adjacent to an activating group) is 1. The van der Waals surface area contributed by atoms with Crippen LogP contribution in [-0.2, 0) is 0 Å². The largest absolute Gasteiger partial charge is 0.494 e. The Hall–Kier alpha value is -8.19. The molecule has 0 amide bonds. The second-order valence-electron chi connectivity index (χ2n) is 14.8. The number of hydrogen-bond acceptors (Lipinski definition) is 14. The van der Waals surface area contributed by atoms with E-state index in [1.807, 2.05) is 78.9 Å². The van der Waals surface area contributed by atoms with Gasteiger partial charge in [0.15, 0.2) is 0 Å². The molecule has 5 heterocycles. The van der Waals surface area contributed by atoms with Gasteiger partial charge in [-0.05, 0) is 50.2 Å². The fourth-order valence-electron chi connectivity index (χ4n) is 7.59. The average molecular weight is 867 g/mol. The number of rotatable bonds is 14. The first-order valence-corrected chi connectivity index (χ1v) is 20.2. The zero-order valence-corrected chi connectivity index (χ0v) is 35.0. The molecule has 0 radical (unpaired) electrons. The Morgan fingerprint density at radius 1 is 0.734 bits per heavy atom. The number of methoxy groups -OCH3 is 2. The number of aromatic nitrogens is 6. The number of ether oxygens (including phenoxy) is 2. The molecule has 64 heavy (non-hydrogen) atoms. The third-order valence-electron chi connectivity index (χ3n) is 10.9. The van der Waals surface area contributed by atoms with E-state index in [1.165, 1.54) is 26.0 Å². The van der Waals surface area contributed by atoms with E-state index >= 15 is 0 Å². The second-order valence-corrected chi connectivity index (χ2v) is 14.8. The molecule has 4 N–H and O–H groups in total. The minimum atomic E-state index is -0.985. The van der Waals surface area contributed by atoms with E-state index in [4.69, 9.17) is 9.47 Å². The Balaban J connectivity index is 0.000000181. The Labute approximate surface area is 365 Å². The lowest BCUT2D eigenvalue weighted by atomic mass is 10.1. The molecule has 0 aliphatic carbocycles. The van der Waals surface area contributed by atoms with Gasteiger partial charge in [-0.15, -0.1) is 0 Å². The molecular formula is C45H43FN12O6. The van der Waals surface area contributed by atoms with Crippen molar-refractivity contribution < 1.29 is 23.7 Å².